The average Bonchev–Trinajstić information content (AvgIpc) is 3.82. The van der Waals surface area contributed by atoms with Crippen LogP contribution >= 0.6 is 0 Å². The summed E-state index contributed by atoms with van der Waals surface area (Å²) in [4.78, 5) is 15.4. The second kappa shape index (κ2) is 15.5. The summed E-state index contributed by atoms with van der Waals surface area (Å²) in [5, 5.41) is 2.23. The number of nitrogens with zero attached hydrogens (tertiary/aromatic N) is 4. The molecule has 2 aromatic heterocycles. The summed E-state index contributed by atoms with van der Waals surface area (Å²) in [6.07, 6.45) is 0. The van der Waals surface area contributed by atoms with Crippen LogP contribution in [0.1, 0.15) is 36.1 Å². The topological polar surface area (TPSA) is 43.6 Å². The molecule has 0 atom stereocenters. The van der Waals surface area contributed by atoms with Gasteiger partial charge < -0.3 is 4.57 Å². The van der Waals surface area contributed by atoms with Crippen molar-refractivity contribution < 1.29 is 0 Å². The third kappa shape index (κ3) is 6.48. The summed E-state index contributed by atoms with van der Waals surface area (Å²) in [5.41, 5.74) is 21.3. The van der Waals surface area contributed by atoms with E-state index in [1.165, 1.54) is 55.6 Å². The van der Waals surface area contributed by atoms with Crippen LogP contribution in [-0.4, -0.2) is 19.5 Å². The minimum absolute atomic E-state index is 0.0217. The molecular weight excluding hydrogens is 801 g/mol. The molecule has 0 fully saturated rings. The van der Waals surface area contributed by atoms with Gasteiger partial charge in [0, 0.05) is 38.6 Å². The van der Waals surface area contributed by atoms with E-state index in [-0.39, 0.29) is 5.41 Å². The molecular formula is C62H46N4. The summed E-state index contributed by atoms with van der Waals surface area (Å²) < 4.78 is 2.36. The SMILES string of the molecule is Cc1ccc(-c2ccc3c(c2)-c2ccccc2C3(C)C)cc1-c1cc(-c2ccc3c(c2)c2c(-c4nc(-c5ccccc5)nc(-c5ccccc5)n4)cccc2n3-c2ccccc2)ccc1C. The number of para-hydroxylation sites is 1. The van der Waals surface area contributed by atoms with E-state index in [0.29, 0.717) is 17.5 Å². The van der Waals surface area contributed by atoms with Crippen molar-refractivity contribution in [2.75, 3.05) is 0 Å². The van der Waals surface area contributed by atoms with E-state index in [9.17, 15) is 0 Å². The molecule has 66 heavy (non-hydrogen) atoms. The standard InChI is InChI=1S/C62H46N4/c1-39-27-29-43(45-31-33-55-52(37-45)48-23-14-15-25-54(48)62(55,3)4)35-50(39)51-36-44(30-28-40(51)2)46-32-34-56-53(38-46)58-49(24-16-26-57(58)66(56)47-21-12-7-13-22-47)61-64-59(41-17-8-5-9-18-41)63-60(65-61)42-19-10-6-11-20-42/h5-38H,1-4H3. The summed E-state index contributed by atoms with van der Waals surface area (Å²) >= 11 is 0. The smallest absolute Gasteiger partial charge is 0.164 e. The Morgan fingerprint density at radius 1 is 0.348 bits per heavy atom. The zero-order valence-electron chi connectivity index (χ0n) is 37.4. The highest BCUT2D eigenvalue weighted by Gasteiger charge is 2.35. The highest BCUT2D eigenvalue weighted by molar-refractivity contribution is 6.16. The number of fused-ring (bicyclic) bond motifs is 6. The van der Waals surface area contributed by atoms with Gasteiger partial charge in [0.25, 0.3) is 0 Å². The minimum Gasteiger partial charge on any atom is -0.309 e. The summed E-state index contributed by atoms with van der Waals surface area (Å²) in [7, 11) is 0. The molecule has 9 aromatic carbocycles. The molecule has 0 N–H and O–H groups in total. The van der Waals surface area contributed by atoms with Crippen LogP contribution in [0.2, 0.25) is 0 Å². The van der Waals surface area contributed by atoms with E-state index in [0.717, 1.165) is 55.3 Å². The predicted octanol–water partition coefficient (Wildman–Crippen LogP) is 15.9. The van der Waals surface area contributed by atoms with Crippen LogP contribution in [-0.2, 0) is 5.41 Å². The zero-order chi connectivity index (χ0) is 44.5. The Bertz CT molecular complexity index is 3620. The molecule has 0 bridgehead atoms. The van der Waals surface area contributed by atoms with Crippen LogP contribution in [0.25, 0.3) is 106 Å². The molecule has 2 heterocycles. The molecule has 4 heteroatoms. The molecule has 0 aliphatic heterocycles. The van der Waals surface area contributed by atoms with Crippen molar-refractivity contribution in [3.05, 3.63) is 229 Å². The van der Waals surface area contributed by atoms with Crippen LogP contribution in [0.15, 0.2) is 206 Å². The Kier molecular flexibility index (Phi) is 9.25. The first kappa shape index (κ1) is 39.4. The van der Waals surface area contributed by atoms with Gasteiger partial charge in [0.2, 0.25) is 0 Å². The Balaban J connectivity index is 1.02. The van der Waals surface area contributed by atoms with E-state index < -0.39 is 0 Å². The molecule has 1 aliphatic rings. The van der Waals surface area contributed by atoms with Crippen molar-refractivity contribution in [2.24, 2.45) is 0 Å². The summed E-state index contributed by atoms with van der Waals surface area (Å²) in [6.45, 7) is 9.14. The number of hydrogen-bond acceptors (Lipinski definition) is 3. The van der Waals surface area contributed by atoms with E-state index >= 15 is 0 Å². The number of rotatable bonds is 7. The van der Waals surface area contributed by atoms with Gasteiger partial charge in [-0.2, -0.15) is 0 Å². The van der Waals surface area contributed by atoms with Crippen molar-refractivity contribution in [3.63, 3.8) is 0 Å². The third-order valence-corrected chi connectivity index (χ3v) is 13.8. The van der Waals surface area contributed by atoms with Gasteiger partial charge in [-0.3, -0.25) is 0 Å². The third-order valence-electron chi connectivity index (χ3n) is 13.8. The normalized spacial score (nSPS) is 12.7. The van der Waals surface area contributed by atoms with Gasteiger partial charge in [-0.1, -0.05) is 172 Å². The maximum Gasteiger partial charge on any atom is 0.164 e. The second-order valence-corrected chi connectivity index (χ2v) is 18.1. The Labute approximate surface area is 385 Å². The number of aryl methyl sites for hydroxylation is 2. The van der Waals surface area contributed by atoms with Gasteiger partial charge >= 0.3 is 0 Å². The molecule has 0 unspecified atom stereocenters. The second-order valence-electron chi connectivity index (χ2n) is 18.1. The molecule has 1 aliphatic carbocycles. The predicted molar refractivity (Wildman–Crippen MR) is 274 cm³/mol. The molecule has 0 saturated carbocycles. The van der Waals surface area contributed by atoms with Gasteiger partial charge in [-0.25, -0.2) is 15.0 Å². The first-order valence-corrected chi connectivity index (χ1v) is 22.8. The van der Waals surface area contributed by atoms with Gasteiger partial charge in [0.15, 0.2) is 17.5 Å². The molecule has 0 saturated heterocycles. The quantitative estimate of drug-likeness (QED) is 0.160. The fourth-order valence-electron chi connectivity index (χ4n) is 10.3. The van der Waals surface area contributed by atoms with Crippen molar-refractivity contribution in [3.8, 4) is 84.4 Å². The van der Waals surface area contributed by atoms with E-state index in [1.807, 2.05) is 36.4 Å². The molecule has 11 aromatic rings. The fourth-order valence-corrected chi connectivity index (χ4v) is 10.3. The number of hydrogen-bond donors (Lipinski definition) is 0. The zero-order valence-corrected chi connectivity index (χ0v) is 37.4. The van der Waals surface area contributed by atoms with Crippen LogP contribution in [0.5, 0.6) is 0 Å². The summed E-state index contributed by atoms with van der Waals surface area (Å²) in [5.74, 6) is 1.91. The lowest BCUT2D eigenvalue weighted by atomic mass is 9.82. The molecule has 0 radical (unpaired) electrons. The highest BCUT2D eigenvalue weighted by Crippen LogP contribution is 2.50. The van der Waals surface area contributed by atoms with Crippen LogP contribution < -0.4 is 0 Å². The van der Waals surface area contributed by atoms with Crippen molar-refractivity contribution in [2.45, 2.75) is 33.1 Å². The minimum atomic E-state index is -0.0217. The van der Waals surface area contributed by atoms with Gasteiger partial charge in [0.1, 0.15) is 0 Å². The number of aromatic nitrogens is 4. The van der Waals surface area contributed by atoms with Gasteiger partial charge in [-0.05, 0) is 129 Å². The Morgan fingerprint density at radius 2 is 0.833 bits per heavy atom. The lowest BCUT2D eigenvalue weighted by Crippen LogP contribution is -2.14. The van der Waals surface area contributed by atoms with Crippen molar-refractivity contribution >= 4 is 21.8 Å². The van der Waals surface area contributed by atoms with Crippen molar-refractivity contribution in [1.29, 1.82) is 0 Å². The highest BCUT2D eigenvalue weighted by atomic mass is 15.0. The molecule has 314 valence electrons. The van der Waals surface area contributed by atoms with Crippen molar-refractivity contribution in [1.82, 2.24) is 19.5 Å². The van der Waals surface area contributed by atoms with Gasteiger partial charge in [-0.15, -0.1) is 0 Å². The van der Waals surface area contributed by atoms with Crippen LogP contribution in [0.3, 0.4) is 0 Å². The lowest BCUT2D eigenvalue weighted by molar-refractivity contribution is 0.660. The summed E-state index contributed by atoms with van der Waals surface area (Å²) in [6, 6.07) is 74.2. The van der Waals surface area contributed by atoms with E-state index in [2.05, 4.69) is 202 Å². The average molecular weight is 847 g/mol. The maximum atomic E-state index is 5.21. The van der Waals surface area contributed by atoms with E-state index in [1.54, 1.807) is 0 Å². The largest absolute Gasteiger partial charge is 0.309 e. The van der Waals surface area contributed by atoms with Gasteiger partial charge in [0.05, 0.1) is 11.0 Å². The fraction of sp³-hybridized carbons (Fsp3) is 0.0806. The Morgan fingerprint density at radius 3 is 1.47 bits per heavy atom. The van der Waals surface area contributed by atoms with Crippen LogP contribution in [0.4, 0.5) is 0 Å². The Hall–Kier alpha value is -8.21. The number of benzene rings is 9. The van der Waals surface area contributed by atoms with E-state index in [4.69, 9.17) is 15.0 Å². The molecule has 12 rings (SSSR count). The molecule has 0 spiro atoms. The first-order valence-electron chi connectivity index (χ1n) is 22.8. The lowest BCUT2D eigenvalue weighted by Gasteiger charge is -2.21. The molecule has 4 nitrogen and oxygen atoms in total. The monoisotopic (exact) mass is 846 g/mol. The first-order chi connectivity index (χ1) is 32.3. The van der Waals surface area contributed by atoms with Crippen LogP contribution in [0, 0.1) is 13.8 Å². The maximum absolute atomic E-state index is 5.21. The molecule has 0 amide bonds.